The Kier molecular flexibility index (Phi) is 1.72. The molecule has 1 aromatic carbocycles. The highest BCUT2D eigenvalue weighted by Crippen LogP contribution is 2.56. The highest BCUT2D eigenvalue weighted by Gasteiger charge is 2.51. The maximum absolute atomic E-state index is 10.6. The zero-order valence-corrected chi connectivity index (χ0v) is 8.61. The molecule has 1 fully saturated rings. The molecule has 2 aliphatic rings. The predicted octanol–water partition coefficient (Wildman–Crippen LogP) is 2.40. The van der Waals surface area contributed by atoms with Crippen LogP contribution in [0.3, 0.4) is 0 Å². The van der Waals surface area contributed by atoms with Crippen molar-refractivity contribution in [1.82, 2.24) is 0 Å². The number of benzene rings is 1. The molecule has 15 heavy (non-hydrogen) atoms. The highest BCUT2D eigenvalue weighted by molar-refractivity contribution is 5.47. The predicted molar refractivity (Wildman–Crippen MR) is 59.3 cm³/mol. The summed E-state index contributed by atoms with van der Waals surface area (Å²) in [7, 11) is 0. The molecule has 1 nitrogen and oxygen atoms in total. The number of rotatable bonds is 0. The summed E-state index contributed by atoms with van der Waals surface area (Å²) in [5, 5.41) is 10.6. The normalized spacial score (nSPS) is 37.1. The first-order valence-electron chi connectivity index (χ1n) is 5.57. The fourth-order valence-corrected chi connectivity index (χ4v) is 3.38. The van der Waals surface area contributed by atoms with Crippen molar-refractivity contribution >= 4 is 0 Å². The SMILES string of the molecule is C#C[C@]1(O)c2ccccc2[C@H]2CCC[C@@H]21. The van der Waals surface area contributed by atoms with Gasteiger partial charge in [0.1, 0.15) is 0 Å². The van der Waals surface area contributed by atoms with E-state index in [-0.39, 0.29) is 5.92 Å². The van der Waals surface area contributed by atoms with Crippen molar-refractivity contribution in [3.8, 4) is 12.3 Å². The van der Waals surface area contributed by atoms with Gasteiger partial charge in [-0.3, -0.25) is 0 Å². The molecular weight excluding hydrogens is 184 g/mol. The van der Waals surface area contributed by atoms with Crippen LogP contribution in [-0.4, -0.2) is 5.11 Å². The Bertz CT molecular complexity index is 443. The van der Waals surface area contributed by atoms with Gasteiger partial charge in [0, 0.05) is 5.92 Å². The first-order chi connectivity index (χ1) is 7.27. The lowest BCUT2D eigenvalue weighted by atomic mass is 9.85. The lowest BCUT2D eigenvalue weighted by Crippen LogP contribution is -2.28. The minimum atomic E-state index is -1.00. The standard InChI is InChI=1S/C14H14O/c1-2-14(15)12-8-4-3-6-10(12)11-7-5-9-13(11)14/h1,3-4,6,8,11,13,15H,5,7,9H2/t11-,13+,14+/m1/s1. The van der Waals surface area contributed by atoms with E-state index in [2.05, 4.69) is 12.0 Å². The molecule has 0 aliphatic heterocycles. The minimum absolute atomic E-state index is 0.250. The second-order valence-electron chi connectivity index (χ2n) is 4.64. The molecule has 1 heteroatoms. The Labute approximate surface area is 90.1 Å². The largest absolute Gasteiger partial charge is 0.373 e. The van der Waals surface area contributed by atoms with Crippen LogP contribution in [0.1, 0.15) is 36.3 Å². The van der Waals surface area contributed by atoms with Crippen molar-refractivity contribution in [3.05, 3.63) is 35.4 Å². The van der Waals surface area contributed by atoms with Gasteiger partial charge >= 0.3 is 0 Å². The Morgan fingerprint density at radius 1 is 1.33 bits per heavy atom. The average molecular weight is 198 g/mol. The molecule has 76 valence electrons. The molecule has 0 aromatic heterocycles. The number of aliphatic hydroxyl groups is 1. The van der Waals surface area contributed by atoms with Crippen LogP contribution < -0.4 is 0 Å². The third-order valence-electron chi connectivity index (χ3n) is 4.04. The molecule has 1 N–H and O–H groups in total. The van der Waals surface area contributed by atoms with Crippen LogP contribution in [0.15, 0.2) is 24.3 Å². The smallest absolute Gasteiger partial charge is 0.154 e. The molecule has 3 rings (SSSR count). The second kappa shape index (κ2) is 2.87. The summed E-state index contributed by atoms with van der Waals surface area (Å²) in [5.74, 6) is 3.36. The first kappa shape index (κ1) is 9.00. The number of terminal acetylenes is 1. The quantitative estimate of drug-likeness (QED) is 0.635. The van der Waals surface area contributed by atoms with E-state index in [0.29, 0.717) is 5.92 Å². The van der Waals surface area contributed by atoms with Crippen molar-refractivity contribution in [2.45, 2.75) is 30.8 Å². The summed E-state index contributed by atoms with van der Waals surface area (Å²) < 4.78 is 0. The van der Waals surface area contributed by atoms with Crippen LogP contribution in [-0.2, 0) is 5.60 Å². The summed E-state index contributed by atoms with van der Waals surface area (Å²) in [6.07, 6.45) is 8.95. The van der Waals surface area contributed by atoms with Crippen molar-refractivity contribution in [1.29, 1.82) is 0 Å². The van der Waals surface area contributed by atoms with Crippen LogP contribution in [0, 0.1) is 18.3 Å². The van der Waals surface area contributed by atoms with Crippen LogP contribution in [0.25, 0.3) is 0 Å². The van der Waals surface area contributed by atoms with Crippen LogP contribution >= 0.6 is 0 Å². The number of hydrogen-bond donors (Lipinski definition) is 1. The molecule has 0 bridgehead atoms. The van der Waals surface area contributed by atoms with Crippen molar-refractivity contribution in [2.24, 2.45) is 5.92 Å². The summed E-state index contributed by atoms with van der Waals surface area (Å²) in [4.78, 5) is 0. The van der Waals surface area contributed by atoms with Crippen LogP contribution in [0.4, 0.5) is 0 Å². The molecule has 1 saturated carbocycles. The Morgan fingerprint density at radius 2 is 2.13 bits per heavy atom. The maximum atomic E-state index is 10.6. The van der Waals surface area contributed by atoms with Crippen LogP contribution in [0.5, 0.6) is 0 Å². The lowest BCUT2D eigenvalue weighted by Gasteiger charge is -2.24. The minimum Gasteiger partial charge on any atom is -0.373 e. The first-order valence-corrected chi connectivity index (χ1v) is 5.57. The third kappa shape index (κ3) is 0.979. The highest BCUT2D eigenvalue weighted by atomic mass is 16.3. The molecule has 0 saturated heterocycles. The Balaban J connectivity index is 2.23. The van der Waals surface area contributed by atoms with E-state index in [4.69, 9.17) is 6.42 Å². The molecule has 3 atom stereocenters. The fraction of sp³-hybridized carbons (Fsp3) is 0.429. The van der Waals surface area contributed by atoms with Gasteiger partial charge in [0.2, 0.25) is 0 Å². The number of hydrogen-bond acceptors (Lipinski definition) is 1. The van der Waals surface area contributed by atoms with Gasteiger partial charge in [0.05, 0.1) is 0 Å². The van der Waals surface area contributed by atoms with Gasteiger partial charge in [0.15, 0.2) is 5.60 Å². The summed E-state index contributed by atoms with van der Waals surface area (Å²) in [6.45, 7) is 0. The molecule has 1 aromatic rings. The topological polar surface area (TPSA) is 20.2 Å². The van der Waals surface area contributed by atoms with E-state index in [1.807, 2.05) is 18.2 Å². The van der Waals surface area contributed by atoms with Crippen molar-refractivity contribution in [3.63, 3.8) is 0 Å². The zero-order chi connectivity index (χ0) is 10.5. The van der Waals surface area contributed by atoms with Gasteiger partial charge in [-0.05, 0) is 29.9 Å². The fourth-order valence-electron chi connectivity index (χ4n) is 3.38. The summed E-state index contributed by atoms with van der Waals surface area (Å²) in [5.41, 5.74) is 1.25. The van der Waals surface area contributed by atoms with Crippen LogP contribution in [0.2, 0.25) is 0 Å². The lowest BCUT2D eigenvalue weighted by molar-refractivity contribution is 0.0452. The molecule has 0 radical (unpaired) electrons. The number of fused-ring (bicyclic) bond motifs is 3. The molecule has 0 amide bonds. The Morgan fingerprint density at radius 3 is 2.93 bits per heavy atom. The van der Waals surface area contributed by atoms with Gasteiger partial charge in [0.25, 0.3) is 0 Å². The molecule has 0 unspecified atom stereocenters. The molecule has 2 aliphatic carbocycles. The molecule has 0 spiro atoms. The van der Waals surface area contributed by atoms with E-state index in [9.17, 15) is 5.11 Å². The maximum Gasteiger partial charge on any atom is 0.154 e. The van der Waals surface area contributed by atoms with Crippen molar-refractivity contribution in [2.75, 3.05) is 0 Å². The average Bonchev–Trinajstić information content (AvgIpc) is 2.83. The third-order valence-corrected chi connectivity index (χ3v) is 4.04. The van der Waals surface area contributed by atoms with E-state index < -0.39 is 5.60 Å². The van der Waals surface area contributed by atoms with E-state index in [0.717, 1.165) is 12.0 Å². The van der Waals surface area contributed by atoms with E-state index in [1.54, 1.807) is 0 Å². The summed E-state index contributed by atoms with van der Waals surface area (Å²) >= 11 is 0. The van der Waals surface area contributed by atoms with Gasteiger partial charge in [-0.2, -0.15) is 0 Å². The van der Waals surface area contributed by atoms with Gasteiger partial charge in [-0.15, -0.1) is 6.42 Å². The van der Waals surface area contributed by atoms with Gasteiger partial charge < -0.3 is 5.11 Å². The van der Waals surface area contributed by atoms with Crippen molar-refractivity contribution < 1.29 is 5.11 Å². The van der Waals surface area contributed by atoms with Gasteiger partial charge in [-0.25, -0.2) is 0 Å². The van der Waals surface area contributed by atoms with E-state index in [1.165, 1.54) is 18.4 Å². The van der Waals surface area contributed by atoms with E-state index >= 15 is 0 Å². The van der Waals surface area contributed by atoms with Gasteiger partial charge in [-0.1, -0.05) is 36.6 Å². The monoisotopic (exact) mass is 198 g/mol. The molecule has 0 heterocycles. The molecular formula is C14H14O. The zero-order valence-electron chi connectivity index (χ0n) is 8.61. The Hall–Kier alpha value is -1.26. The summed E-state index contributed by atoms with van der Waals surface area (Å²) in [6, 6.07) is 8.10. The second-order valence-corrected chi connectivity index (χ2v) is 4.64.